The highest BCUT2D eigenvalue weighted by atomic mass is 32.1. The van der Waals surface area contributed by atoms with E-state index in [1.807, 2.05) is 19.2 Å². The number of nitrogens with one attached hydrogen (secondary N) is 1. The maximum atomic E-state index is 4.54. The zero-order valence-corrected chi connectivity index (χ0v) is 11.7. The molecule has 1 unspecified atom stereocenters. The molecule has 0 amide bonds. The molecule has 3 nitrogen and oxygen atoms in total. The van der Waals surface area contributed by atoms with E-state index in [0.29, 0.717) is 0 Å². The standard InChI is InChI=1S/C14H19N3S/c1-3-6-16-14(9-12-5-8-18-10-12)13-4-7-15-11(2)17-13/h4-5,7-8,10,14,16H,3,6,9H2,1-2H3. The molecule has 0 saturated heterocycles. The number of hydrogen-bond donors (Lipinski definition) is 1. The normalized spacial score (nSPS) is 12.6. The first-order valence-electron chi connectivity index (χ1n) is 6.33. The van der Waals surface area contributed by atoms with E-state index in [4.69, 9.17) is 0 Å². The van der Waals surface area contributed by atoms with Gasteiger partial charge in [0.1, 0.15) is 5.82 Å². The summed E-state index contributed by atoms with van der Waals surface area (Å²) < 4.78 is 0. The lowest BCUT2D eigenvalue weighted by Crippen LogP contribution is -2.25. The van der Waals surface area contributed by atoms with Gasteiger partial charge < -0.3 is 5.32 Å². The summed E-state index contributed by atoms with van der Waals surface area (Å²) in [7, 11) is 0. The minimum atomic E-state index is 0.279. The van der Waals surface area contributed by atoms with Crippen LogP contribution in [0.5, 0.6) is 0 Å². The molecule has 0 fully saturated rings. The maximum Gasteiger partial charge on any atom is 0.125 e. The van der Waals surface area contributed by atoms with Crippen molar-refractivity contribution in [2.24, 2.45) is 0 Å². The van der Waals surface area contributed by atoms with Crippen LogP contribution >= 0.6 is 11.3 Å². The van der Waals surface area contributed by atoms with Crippen LogP contribution < -0.4 is 5.32 Å². The summed E-state index contributed by atoms with van der Waals surface area (Å²) in [4.78, 5) is 8.70. The maximum absolute atomic E-state index is 4.54. The van der Waals surface area contributed by atoms with Crippen molar-refractivity contribution in [3.63, 3.8) is 0 Å². The molecule has 0 aliphatic rings. The molecule has 2 heterocycles. The number of aromatic nitrogens is 2. The first kappa shape index (κ1) is 13.2. The fourth-order valence-corrected chi connectivity index (χ4v) is 2.59. The third kappa shape index (κ3) is 3.62. The van der Waals surface area contributed by atoms with Gasteiger partial charge in [0.15, 0.2) is 0 Å². The zero-order valence-electron chi connectivity index (χ0n) is 10.9. The molecule has 0 aliphatic carbocycles. The number of nitrogens with zero attached hydrogens (tertiary/aromatic N) is 2. The second kappa shape index (κ2) is 6.61. The Bertz CT molecular complexity index is 468. The van der Waals surface area contributed by atoms with Crippen LogP contribution in [-0.2, 0) is 6.42 Å². The van der Waals surface area contributed by atoms with Crippen LogP contribution in [0.4, 0.5) is 0 Å². The molecule has 1 atom stereocenters. The average molecular weight is 261 g/mol. The molecule has 2 aromatic rings. The van der Waals surface area contributed by atoms with Gasteiger partial charge >= 0.3 is 0 Å². The summed E-state index contributed by atoms with van der Waals surface area (Å²) in [5.74, 6) is 0.834. The fraction of sp³-hybridized carbons (Fsp3) is 0.429. The molecule has 96 valence electrons. The van der Waals surface area contributed by atoms with Gasteiger partial charge in [-0.15, -0.1) is 0 Å². The van der Waals surface area contributed by atoms with Crippen LogP contribution in [0.15, 0.2) is 29.1 Å². The van der Waals surface area contributed by atoms with Crippen LogP contribution in [-0.4, -0.2) is 16.5 Å². The Morgan fingerprint density at radius 2 is 2.28 bits per heavy atom. The van der Waals surface area contributed by atoms with Crippen molar-refractivity contribution < 1.29 is 0 Å². The Hall–Kier alpha value is -1.26. The Balaban J connectivity index is 2.13. The van der Waals surface area contributed by atoms with E-state index in [1.54, 1.807) is 11.3 Å². The predicted octanol–water partition coefficient (Wildman–Crippen LogP) is 3.13. The highest BCUT2D eigenvalue weighted by Gasteiger charge is 2.13. The van der Waals surface area contributed by atoms with Gasteiger partial charge in [0.05, 0.1) is 11.7 Å². The summed E-state index contributed by atoms with van der Waals surface area (Å²) in [6, 6.07) is 4.47. The number of hydrogen-bond acceptors (Lipinski definition) is 4. The van der Waals surface area contributed by atoms with Crippen molar-refractivity contribution in [3.8, 4) is 0 Å². The van der Waals surface area contributed by atoms with E-state index >= 15 is 0 Å². The topological polar surface area (TPSA) is 37.8 Å². The first-order chi connectivity index (χ1) is 8.79. The molecule has 0 saturated carbocycles. The molecule has 4 heteroatoms. The Kier molecular flexibility index (Phi) is 4.84. The van der Waals surface area contributed by atoms with Gasteiger partial charge in [0.25, 0.3) is 0 Å². The van der Waals surface area contributed by atoms with Crippen LogP contribution in [0.3, 0.4) is 0 Å². The molecule has 1 N–H and O–H groups in total. The van der Waals surface area contributed by atoms with Gasteiger partial charge in [-0.25, -0.2) is 9.97 Å². The Morgan fingerprint density at radius 3 is 2.94 bits per heavy atom. The van der Waals surface area contributed by atoms with Gasteiger partial charge in [-0.05, 0) is 54.8 Å². The van der Waals surface area contributed by atoms with Gasteiger partial charge in [0.2, 0.25) is 0 Å². The molecule has 2 aromatic heterocycles. The number of thiophene rings is 1. The van der Waals surface area contributed by atoms with E-state index in [9.17, 15) is 0 Å². The third-order valence-corrected chi connectivity index (χ3v) is 3.55. The monoisotopic (exact) mass is 261 g/mol. The molecule has 2 rings (SSSR count). The molecule has 0 aromatic carbocycles. The summed E-state index contributed by atoms with van der Waals surface area (Å²) in [5, 5.41) is 7.89. The van der Waals surface area contributed by atoms with Crippen LogP contribution in [0, 0.1) is 6.92 Å². The smallest absolute Gasteiger partial charge is 0.125 e. The van der Waals surface area contributed by atoms with Crippen molar-refractivity contribution in [1.29, 1.82) is 0 Å². The zero-order chi connectivity index (χ0) is 12.8. The summed E-state index contributed by atoms with van der Waals surface area (Å²) in [6.07, 6.45) is 3.95. The second-order valence-electron chi connectivity index (χ2n) is 4.37. The minimum Gasteiger partial charge on any atom is -0.308 e. The van der Waals surface area contributed by atoms with E-state index < -0.39 is 0 Å². The SMILES string of the molecule is CCCNC(Cc1ccsc1)c1ccnc(C)n1. The van der Waals surface area contributed by atoms with Crippen molar-refractivity contribution in [2.75, 3.05) is 6.54 Å². The second-order valence-corrected chi connectivity index (χ2v) is 5.15. The van der Waals surface area contributed by atoms with Crippen molar-refractivity contribution in [1.82, 2.24) is 15.3 Å². The lowest BCUT2D eigenvalue weighted by Gasteiger charge is -2.17. The van der Waals surface area contributed by atoms with Gasteiger partial charge in [-0.3, -0.25) is 0 Å². The fourth-order valence-electron chi connectivity index (χ4n) is 1.91. The average Bonchev–Trinajstić information content (AvgIpc) is 2.87. The molecular formula is C14H19N3S. The van der Waals surface area contributed by atoms with E-state index in [-0.39, 0.29) is 6.04 Å². The highest BCUT2D eigenvalue weighted by molar-refractivity contribution is 7.07. The molecule has 0 radical (unpaired) electrons. The summed E-state index contributed by atoms with van der Waals surface area (Å²) in [6.45, 7) is 5.13. The van der Waals surface area contributed by atoms with Crippen molar-refractivity contribution >= 4 is 11.3 Å². The van der Waals surface area contributed by atoms with E-state index in [1.165, 1.54) is 5.56 Å². The van der Waals surface area contributed by atoms with E-state index in [2.05, 4.69) is 39.0 Å². The Labute approximate surface area is 112 Å². The molecule has 0 bridgehead atoms. The van der Waals surface area contributed by atoms with E-state index in [0.717, 1.165) is 30.9 Å². The van der Waals surface area contributed by atoms with Crippen molar-refractivity contribution in [3.05, 3.63) is 46.2 Å². The minimum absolute atomic E-state index is 0.279. The largest absolute Gasteiger partial charge is 0.308 e. The highest BCUT2D eigenvalue weighted by Crippen LogP contribution is 2.18. The first-order valence-corrected chi connectivity index (χ1v) is 7.28. The summed E-state index contributed by atoms with van der Waals surface area (Å²) in [5.41, 5.74) is 2.45. The summed E-state index contributed by atoms with van der Waals surface area (Å²) >= 11 is 1.74. The number of aryl methyl sites for hydroxylation is 1. The van der Waals surface area contributed by atoms with Gasteiger partial charge in [-0.1, -0.05) is 6.92 Å². The van der Waals surface area contributed by atoms with Crippen LogP contribution in [0.1, 0.15) is 36.5 Å². The molecule has 0 aliphatic heterocycles. The lowest BCUT2D eigenvalue weighted by molar-refractivity contribution is 0.516. The quantitative estimate of drug-likeness (QED) is 0.868. The molecule has 18 heavy (non-hydrogen) atoms. The van der Waals surface area contributed by atoms with Crippen LogP contribution in [0.25, 0.3) is 0 Å². The van der Waals surface area contributed by atoms with Crippen molar-refractivity contribution in [2.45, 2.75) is 32.7 Å². The number of rotatable bonds is 6. The molecule has 0 spiro atoms. The Morgan fingerprint density at radius 1 is 1.39 bits per heavy atom. The van der Waals surface area contributed by atoms with Gasteiger partial charge in [-0.2, -0.15) is 11.3 Å². The van der Waals surface area contributed by atoms with Crippen LogP contribution in [0.2, 0.25) is 0 Å². The lowest BCUT2D eigenvalue weighted by atomic mass is 10.1. The predicted molar refractivity (Wildman–Crippen MR) is 75.8 cm³/mol. The van der Waals surface area contributed by atoms with Gasteiger partial charge in [0, 0.05) is 6.20 Å². The molecular weight excluding hydrogens is 242 g/mol. The third-order valence-electron chi connectivity index (χ3n) is 2.82.